The van der Waals surface area contributed by atoms with E-state index in [0.29, 0.717) is 5.69 Å². The normalized spacial score (nSPS) is 11.2. The fourth-order valence-corrected chi connectivity index (χ4v) is 3.60. The highest BCUT2D eigenvalue weighted by molar-refractivity contribution is 7.90. The molecule has 0 unspecified atom stereocenters. The average Bonchev–Trinajstić information content (AvgIpc) is 3.05. The van der Waals surface area contributed by atoms with Crippen molar-refractivity contribution >= 4 is 33.2 Å². The van der Waals surface area contributed by atoms with Crippen LogP contribution in [0.1, 0.15) is 10.5 Å². The van der Waals surface area contributed by atoms with E-state index in [-0.39, 0.29) is 15.7 Å². The highest BCUT2D eigenvalue weighted by Gasteiger charge is 2.21. The zero-order chi connectivity index (χ0) is 17.2. The first-order valence-corrected chi connectivity index (χ1v) is 8.57. The Morgan fingerprint density at radius 2 is 1.88 bits per heavy atom. The molecule has 0 aliphatic carbocycles. The molecule has 0 fully saturated rings. The van der Waals surface area contributed by atoms with Crippen LogP contribution in [0.15, 0.2) is 66.1 Å². The molecule has 0 saturated carbocycles. The number of nitrogens with one attached hydrogen (secondary N) is 1. The van der Waals surface area contributed by atoms with Gasteiger partial charge in [-0.15, -0.1) is 0 Å². The molecule has 3 aromatic heterocycles. The maximum absolute atomic E-state index is 12.5. The highest BCUT2D eigenvalue weighted by atomic mass is 35.5. The first-order valence-electron chi connectivity index (χ1n) is 6.75. The number of halogens is 1. The van der Waals surface area contributed by atoms with E-state index >= 15 is 0 Å². The molecule has 1 amide bonds. The van der Waals surface area contributed by atoms with Gasteiger partial charge in [-0.25, -0.2) is 17.4 Å². The number of carbonyl (C=O) groups is 1. The van der Waals surface area contributed by atoms with Crippen LogP contribution in [0, 0.1) is 0 Å². The topological polar surface area (TPSA) is 94.0 Å². The summed E-state index contributed by atoms with van der Waals surface area (Å²) in [6.45, 7) is 0. The van der Waals surface area contributed by atoms with Gasteiger partial charge in [0, 0.05) is 24.8 Å². The Morgan fingerprint density at radius 1 is 1.08 bits per heavy atom. The molecule has 0 atom stereocenters. The molecule has 0 saturated heterocycles. The lowest BCUT2D eigenvalue weighted by atomic mass is 10.3. The zero-order valence-electron chi connectivity index (χ0n) is 12.1. The van der Waals surface area contributed by atoms with Gasteiger partial charge in [0.25, 0.3) is 15.9 Å². The van der Waals surface area contributed by atoms with Crippen molar-refractivity contribution in [1.82, 2.24) is 13.9 Å². The van der Waals surface area contributed by atoms with Crippen molar-refractivity contribution in [3.05, 3.63) is 72.0 Å². The summed E-state index contributed by atoms with van der Waals surface area (Å²) in [7, 11) is -3.89. The Labute approximate surface area is 143 Å². The quantitative estimate of drug-likeness (QED) is 0.719. The fraction of sp³-hybridized carbons (Fsp3) is 0. The average molecular weight is 363 g/mol. The molecule has 0 aliphatic rings. The van der Waals surface area contributed by atoms with Gasteiger partial charge in [-0.2, -0.15) is 0 Å². The minimum Gasteiger partial charge on any atom is -0.319 e. The molecular weight excluding hydrogens is 352 g/mol. The van der Waals surface area contributed by atoms with Crippen LogP contribution in [-0.2, 0) is 10.0 Å². The number of anilines is 1. The maximum atomic E-state index is 12.5. The lowest BCUT2D eigenvalue weighted by Gasteiger charge is -2.06. The van der Waals surface area contributed by atoms with Crippen molar-refractivity contribution in [3.63, 3.8) is 0 Å². The van der Waals surface area contributed by atoms with Crippen LogP contribution in [0.2, 0.25) is 5.15 Å². The Balaban J connectivity index is 1.86. The number of hydrogen-bond donors (Lipinski definition) is 1. The van der Waals surface area contributed by atoms with E-state index in [2.05, 4.69) is 15.3 Å². The molecule has 24 heavy (non-hydrogen) atoms. The summed E-state index contributed by atoms with van der Waals surface area (Å²) in [6, 6.07) is 9.23. The van der Waals surface area contributed by atoms with Gasteiger partial charge in [-0.1, -0.05) is 17.7 Å². The van der Waals surface area contributed by atoms with Gasteiger partial charge in [0.1, 0.15) is 15.7 Å². The first kappa shape index (κ1) is 16.2. The van der Waals surface area contributed by atoms with Crippen LogP contribution in [0.3, 0.4) is 0 Å². The van der Waals surface area contributed by atoms with Gasteiger partial charge < -0.3 is 5.32 Å². The summed E-state index contributed by atoms with van der Waals surface area (Å²) >= 11 is 5.85. The molecule has 0 aliphatic heterocycles. The van der Waals surface area contributed by atoms with Crippen molar-refractivity contribution in [2.24, 2.45) is 0 Å². The van der Waals surface area contributed by atoms with Crippen LogP contribution in [0.25, 0.3) is 0 Å². The van der Waals surface area contributed by atoms with Gasteiger partial charge >= 0.3 is 0 Å². The van der Waals surface area contributed by atoms with E-state index in [1.807, 2.05) is 0 Å². The Hall–Kier alpha value is -2.71. The Morgan fingerprint density at radius 3 is 2.58 bits per heavy atom. The van der Waals surface area contributed by atoms with E-state index in [4.69, 9.17) is 11.6 Å². The summed E-state index contributed by atoms with van der Waals surface area (Å²) in [5.41, 5.74) is 0.539. The van der Waals surface area contributed by atoms with Crippen molar-refractivity contribution in [2.45, 2.75) is 4.90 Å². The Kier molecular flexibility index (Phi) is 4.32. The molecule has 122 valence electrons. The van der Waals surface area contributed by atoms with E-state index in [1.54, 1.807) is 18.2 Å². The van der Waals surface area contributed by atoms with Crippen LogP contribution >= 0.6 is 11.6 Å². The van der Waals surface area contributed by atoms with Crippen molar-refractivity contribution < 1.29 is 13.2 Å². The third-order valence-electron chi connectivity index (χ3n) is 3.10. The molecule has 3 aromatic rings. The van der Waals surface area contributed by atoms with Gasteiger partial charge in [-0.3, -0.25) is 9.78 Å². The molecule has 3 rings (SSSR count). The second kappa shape index (κ2) is 6.42. The zero-order valence-corrected chi connectivity index (χ0v) is 13.7. The van der Waals surface area contributed by atoms with Crippen LogP contribution in [0.4, 0.5) is 5.69 Å². The molecule has 3 heterocycles. The number of carbonyl (C=O) groups excluding carboxylic acids is 1. The number of aromatic nitrogens is 3. The van der Waals surface area contributed by atoms with E-state index in [0.717, 1.165) is 3.97 Å². The summed E-state index contributed by atoms with van der Waals surface area (Å²) in [5, 5.41) is 2.46. The van der Waals surface area contributed by atoms with Crippen LogP contribution in [0.5, 0.6) is 0 Å². The molecular formula is C15H11ClN4O3S. The SMILES string of the molecule is O=C(Nc1ccn(S(=O)(=O)c2cccnc2Cl)c1)c1ccccn1. The van der Waals surface area contributed by atoms with Gasteiger partial charge in [0.15, 0.2) is 0 Å². The van der Waals surface area contributed by atoms with Crippen LogP contribution < -0.4 is 5.32 Å². The number of pyridine rings is 2. The highest BCUT2D eigenvalue weighted by Crippen LogP contribution is 2.22. The maximum Gasteiger partial charge on any atom is 0.274 e. The summed E-state index contributed by atoms with van der Waals surface area (Å²) in [5.74, 6) is -0.440. The molecule has 7 nitrogen and oxygen atoms in total. The number of nitrogens with zero attached hydrogens (tertiary/aromatic N) is 3. The molecule has 0 spiro atoms. The monoisotopic (exact) mass is 362 g/mol. The molecule has 0 bridgehead atoms. The van der Waals surface area contributed by atoms with Gasteiger partial charge in [0.05, 0.1) is 5.69 Å². The van der Waals surface area contributed by atoms with Gasteiger partial charge in [-0.05, 0) is 30.3 Å². The second-order valence-electron chi connectivity index (χ2n) is 4.70. The summed E-state index contributed by atoms with van der Waals surface area (Å²) in [4.78, 5) is 19.6. The van der Waals surface area contributed by atoms with Crippen molar-refractivity contribution in [1.29, 1.82) is 0 Å². The Bertz CT molecular complexity index is 987. The van der Waals surface area contributed by atoms with E-state index in [1.165, 1.54) is 43.0 Å². The fourth-order valence-electron chi connectivity index (χ4n) is 1.97. The van der Waals surface area contributed by atoms with E-state index in [9.17, 15) is 13.2 Å². The minimum atomic E-state index is -3.89. The van der Waals surface area contributed by atoms with Crippen molar-refractivity contribution in [2.75, 3.05) is 5.32 Å². The largest absolute Gasteiger partial charge is 0.319 e. The molecule has 1 N–H and O–H groups in total. The number of rotatable bonds is 4. The lowest BCUT2D eigenvalue weighted by Crippen LogP contribution is -2.14. The standard InChI is InChI=1S/C15H11ClN4O3S/c16-14-13(5-3-8-18-14)24(22,23)20-9-6-11(10-20)19-15(21)12-4-1-2-7-17-12/h1-10H,(H,19,21). The lowest BCUT2D eigenvalue weighted by molar-refractivity contribution is 0.102. The predicted molar refractivity (Wildman–Crippen MR) is 88.5 cm³/mol. The summed E-state index contributed by atoms with van der Waals surface area (Å²) in [6.07, 6.45) is 5.48. The number of hydrogen-bond acceptors (Lipinski definition) is 5. The smallest absolute Gasteiger partial charge is 0.274 e. The first-order chi connectivity index (χ1) is 11.5. The third-order valence-corrected chi connectivity index (χ3v) is 5.18. The van der Waals surface area contributed by atoms with E-state index < -0.39 is 15.9 Å². The molecule has 0 radical (unpaired) electrons. The third kappa shape index (κ3) is 3.15. The van der Waals surface area contributed by atoms with Crippen LogP contribution in [-0.4, -0.2) is 28.3 Å². The second-order valence-corrected chi connectivity index (χ2v) is 6.87. The summed E-state index contributed by atoms with van der Waals surface area (Å²) < 4.78 is 26.0. The number of amides is 1. The molecule has 0 aromatic carbocycles. The van der Waals surface area contributed by atoms with Gasteiger partial charge in [0.2, 0.25) is 0 Å². The predicted octanol–water partition coefficient (Wildman–Crippen LogP) is 2.42. The minimum absolute atomic E-state index is 0.120. The molecule has 9 heteroatoms. The van der Waals surface area contributed by atoms with Crippen molar-refractivity contribution in [3.8, 4) is 0 Å².